The van der Waals surface area contributed by atoms with E-state index in [1.165, 1.54) is 0 Å². The minimum Gasteiger partial charge on any atom is -0.394 e. The molecule has 3 rings (SSSR count). The quantitative estimate of drug-likeness (QED) is 0.0973. The molecule has 1 saturated carbocycles. The zero-order chi connectivity index (χ0) is 32.8. The SMILES string of the molecule is NCC[C@H](O)C(=O)N[C@@H]1C[C@H](N)[C@@H](O[C@H]2O[C@H](CN)[C@@H](O)[C@H](O)[C@H]2N)[C@H](O[C@@H]2O[C@H](CO)C(O)[C@H]2O)[C@H]1O.O=S(=O)(O)O. The monoisotopic (exact) mass is 653 g/mol. The predicted molar refractivity (Wildman–Crippen MR) is 140 cm³/mol. The minimum atomic E-state index is -4.67. The lowest BCUT2D eigenvalue weighted by atomic mass is 9.83. The molecule has 0 aromatic heterocycles. The number of carbonyl (C=O) groups excluding carboxylic acids is 1. The van der Waals surface area contributed by atoms with Gasteiger partial charge < -0.3 is 82.9 Å². The standard InChI is InChI=1S/C21H41N5O12.H2O4S/c22-2-1-8(28)19(34)26-7-3-6(24)17(37-20-11(25)15(32)13(30)9(4-23)35-20)18(12(7)29)38-21-16(33)14(31)10(5-27)36-21;1-5(2,3)4/h6-18,20-21,27-33H,1-5,22-25H2,(H,26,34);(H2,1,2,3,4)/t6-,7+,8-,9+,10+,11+,12-,13+,14?,15+,16+,17+,18+,20+,21-;/m0./s1. The molecule has 3 aliphatic rings. The summed E-state index contributed by atoms with van der Waals surface area (Å²) in [5, 5.41) is 74.0. The molecule has 43 heavy (non-hydrogen) atoms. The third-order valence-electron chi connectivity index (χ3n) is 7.15. The maximum absolute atomic E-state index is 12.4. The van der Waals surface area contributed by atoms with Crippen LogP contribution in [0.25, 0.3) is 0 Å². The molecule has 0 radical (unpaired) electrons. The van der Waals surface area contributed by atoms with Gasteiger partial charge in [-0.15, -0.1) is 0 Å². The van der Waals surface area contributed by atoms with Crippen molar-refractivity contribution in [2.75, 3.05) is 19.7 Å². The lowest BCUT2D eigenvalue weighted by Gasteiger charge is -2.48. The summed E-state index contributed by atoms with van der Waals surface area (Å²) in [4.78, 5) is 12.4. The summed E-state index contributed by atoms with van der Waals surface area (Å²) in [6.45, 7) is -0.764. The van der Waals surface area contributed by atoms with Crippen LogP contribution in [0, 0.1) is 0 Å². The molecule has 2 saturated heterocycles. The van der Waals surface area contributed by atoms with Crippen molar-refractivity contribution >= 4 is 16.3 Å². The van der Waals surface area contributed by atoms with Crippen molar-refractivity contribution in [3.05, 3.63) is 0 Å². The van der Waals surface area contributed by atoms with Crippen molar-refractivity contribution in [2.45, 2.75) is 105 Å². The highest BCUT2D eigenvalue weighted by Gasteiger charge is 2.53. The van der Waals surface area contributed by atoms with Gasteiger partial charge in [0.2, 0.25) is 5.91 Å². The fraction of sp³-hybridized carbons (Fsp3) is 0.952. The molecule has 0 aromatic carbocycles. The molecule has 2 heterocycles. The molecule has 1 aliphatic carbocycles. The van der Waals surface area contributed by atoms with Crippen molar-refractivity contribution < 1.29 is 77.0 Å². The molecule has 1 amide bonds. The lowest BCUT2D eigenvalue weighted by Crippen LogP contribution is -2.69. The van der Waals surface area contributed by atoms with Crippen molar-refractivity contribution in [1.29, 1.82) is 0 Å². The number of hydrogen-bond acceptors (Lipinski definition) is 18. The minimum absolute atomic E-state index is 0.0255. The van der Waals surface area contributed by atoms with Crippen LogP contribution < -0.4 is 28.3 Å². The smallest absolute Gasteiger partial charge is 0.394 e. The number of ether oxygens (including phenoxy) is 4. The van der Waals surface area contributed by atoms with Gasteiger partial charge in [0, 0.05) is 12.6 Å². The van der Waals surface area contributed by atoms with Gasteiger partial charge in [0.05, 0.1) is 18.7 Å². The van der Waals surface area contributed by atoms with E-state index in [4.69, 9.17) is 59.4 Å². The normalized spacial score (nSPS) is 42.5. The number of carbonyl (C=O) groups is 1. The van der Waals surface area contributed by atoms with Crippen LogP contribution in [0.2, 0.25) is 0 Å². The fourth-order valence-electron chi connectivity index (χ4n) is 4.84. The Kier molecular flexibility index (Phi) is 14.4. The molecule has 22 heteroatoms. The Morgan fingerprint density at radius 3 is 1.93 bits per heavy atom. The van der Waals surface area contributed by atoms with E-state index in [0.717, 1.165) is 0 Å². The molecule has 18 N–H and O–H groups in total. The Morgan fingerprint density at radius 2 is 1.42 bits per heavy atom. The van der Waals surface area contributed by atoms with E-state index in [1.807, 2.05) is 0 Å². The van der Waals surface area contributed by atoms with Crippen LogP contribution in [0.3, 0.4) is 0 Å². The summed E-state index contributed by atoms with van der Waals surface area (Å²) >= 11 is 0. The Morgan fingerprint density at radius 1 is 0.884 bits per heavy atom. The second-order valence-electron chi connectivity index (χ2n) is 10.3. The van der Waals surface area contributed by atoms with Crippen LogP contribution in [0.1, 0.15) is 12.8 Å². The summed E-state index contributed by atoms with van der Waals surface area (Å²) in [7, 11) is -4.67. The summed E-state index contributed by atoms with van der Waals surface area (Å²) in [6.07, 6.45) is -16.9. The molecule has 2 aliphatic heterocycles. The van der Waals surface area contributed by atoms with Crippen LogP contribution in [0.15, 0.2) is 0 Å². The van der Waals surface area contributed by atoms with E-state index in [1.54, 1.807) is 0 Å². The first-order chi connectivity index (χ1) is 19.9. The number of nitrogens with two attached hydrogens (primary N) is 4. The summed E-state index contributed by atoms with van der Waals surface area (Å²) in [6, 6.07) is -3.29. The van der Waals surface area contributed by atoms with Gasteiger partial charge in [-0.25, -0.2) is 0 Å². The molecule has 3 fully saturated rings. The number of nitrogens with one attached hydrogen (secondary N) is 1. The van der Waals surface area contributed by atoms with E-state index >= 15 is 0 Å². The van der Waals surface area contributed by atoms with Crippen molar-refractivity contribution in [2.24, 2.45) is 22.9 Å². The topological polar surface area (TPSA) is 386 Å². The van der Waals surface area contributed by atoms with Crippen LogP contribution in [0.4, 0.5) is 0 Å². The van der Waals surface area contributed by atoms with Crippen molar-refractivity contribution in [3.63, 3.8) is 0 Å². The Bertz CT molecular complexity index is 975. The average Bonchev–Trinajstić information content (AvgIpc) is 3.20. The van der Waals surface area contributed by atoms with Crippen LogP contribution in [0.5, 0.6) is 0 Å². The molecule has 0 bridgehead atoms. The number of rotatable bonds is 10. The van der Waals surface area contributed by atoms with E-state index in [2.05, 4.69) is 5.32 Å². The van der Waals surface area contributed by atoms with E-state index < -0.39 is 115 Å². The third-order valence-corrected chi connectivity index (χ3v) is 7.15. The van der Waals surface area contributed by atoms with Gasteiger partial charge >= 0.3 is 10.4 Å². The molecule has 1 unspecified atom stereocenters. The molecule has 0 aromatic rings. The Balaban J connectivity index is 0.00000119. The summed E-state index contributed by atoms with van der Waals surface area (Å²) in [5.41, 5.74) is 23.3. The first-order valence-electron chi connectivity index (χ1n) is 13.2. The molecule has 15 atom stereocenters. The van der Waals surface area contributed by atoms with Gasteiger partial charge in [0.25, 0.3) is 0 Å². The molecular formula is C21H43N5O16S. The highest BCUT2D eigenvalue weighted by atomic mass is 32.3. The Labute approximate surface area is 246 Å². The van der Waals surface area contributed by atoms with Crippen LogP contribution in [-0.2, 0) is 34.1 Å². The third kappa shape index (κ3) is 10.1. The first-order valence-corrected chi connectivity index (χ1v) is 14.6. The largest absolute Gasteiger partial charge is 0.394 e. The zero-order valence-corrected chi connectivity index (χ0v) is 23.6. The number of amides is 1. The van der Waals surface area contributed by atoms with Gasteiger partial charge in [-0.05, 0) is 19.4 Å². The summed E-state index contributed by atoms with van der Waals surface area (Å²) in [5.74, 6) is -0.807. The average molecular weight is 654 g/mol. The maximum Gasteiger partial charge on any atom is 0.394 e. The summed E-state index contributed by atoms with van der Waals surface area (Å²) < 4.78 is 54.3. The van der Waals surface area contributed by atoms with Gasteiger partial charge in [0.15, 0.2) is 12.6 Å². The maximum atomic E-state index is 12.4. The zero-order valence-electron chi connectivity index (χ0n) is 22.8. The highest BCUT2D eigenvalue weighted by molar-refractivity contribution is 7.79. The molecule has 21 nitrogen and oxygen atoms in total. The van der Waals surface area contributed by atoms with Gasteiger partial charge in [-0.2, -0.15) is 8.42 Å². The number of aliphatic hydroxyl groups excluding tert-OH is 7. The first kappa shape index (κ1) is 37.9. The highest BCUT2D eigenvalue weighted by Crippen LogP contribution is 2.32. The van der Waals surface area contributed by atoms with Gasteiger partial charge in [0.1, 0.15) is 61.0 Å². The van der Waals surface area contributed by atoms with E-state index in [9.17, 15) is 40.5 Å². The van der Waals surface area contributed by atoms with Crippen LogP contribution in [-0.4, -0.2) is 171 Å². The van der Waals surface area contributed by atoms with E-state index in [0.29, 0.717) is 0 Å². The van der Waals surface area contributed by atoms with Gasteiger partial charge in [-0.3, -0.25) is 13.9 Å². The second kappa shape index (κ2) is 16.3. The van der Waals surface area contributed by atoms with Gasteiger partial charge in [-0.1, -0.05) is 0 Å². The Hall–Kier alpha value is -1.26. The van der Waals surface area contributed by atoms with E-state index in [-0.39, 0.29) is 25.9 Å². The fourth-order valence-corrected chi connectivity index (χ4v) is 4.84. The predicted octanol–water partition coefficient (Wildman–Crippen LogP) is -8.44. The molecule has 254 valence electrons. The number of hydrogen-bond donors (Lipinski definition) is 14. The van der Waals surface area contributed by atoms with Crippen molar-refractivity contribution in [1.82, 2.24) is 5.32 Å². The van der Waals surface area contributed by atoms with Crippen LogP contribution >= 0.6 is 0 Å². The lowest BCUT2D eigenvalue weighted by molar-refractivity contribution is -0.307. The number of aliphatic hydroxyl groups is 7. The molecular weight excluding hydrogens is 610 g/mol. The molecule has 0 spiro atoms. The van der Waals surface area contributed by atoms with Crippen molar-refractivity contribution in [3.8, 4) is 0 Å². The second-order valence-corrected chi connectivity index (χ2v) is 11.2.